The molecule has 0 fully saturated rings. The van der Waals surface area contributed by atoms with E-state index in [0.717, 1.165) is 0 Å². The van der Waals surface area contributed by atoms with Gasteiger partial charge >= 0.3 is 0 Å². The Balaban J connectivity index is 1.62. The SMILES string of the molecule is Cc1cc(C)c(B2c3cc(C(C)(C)C)ccc3N3c4ccc(C(C)(C)C)cc4B(c4c(C)cc(C)cc4C)c4cccc2c43)c(C)c1. The fourth-order valence-corrected chi connectivity index (χ4v) is 8.84. The maximum absolute atomic E-state index is 2.62. The first-order valence-electron chi connectivity index (χ1n) is 17.4. The summed E-state index contributed by atoms with van der Waals surface area (Å²) in [5.41, 5.74) is 23.5. The van der Waals surface area contributed by atoms with E-state index in [1.807, 2.05) is 0 Å². The average molecular weight is 614 g/mol. The second-order valence-corrected chi connectivity index (χ2v) is 16.7. The number of nitrogens with zero attached hydrogens (tertiary/aromatic N) is 1. The summed E-state index contributed by atoms with van der Waals surface area (Å²) in [6, 6.07) is 31.3. The van der Waals surface area contributed by atoms with Crippen LogP contribution in [0.15, 0.2) is 78.9 Å². The maximum Gasteiger partial charge on any atom is 0.247 e. The van der Waals surface area contributed by atoms with E-state index in [1.165, 1.54) is 94.3 Å². The summed E-state index contributed by atoms with van der Waals surface area (Å²) in [4.78, 5) is 2.62. The standard InChI is InChI=1S/C44H49B2N/c1-26-20-28(3)40(29(4)21-26)45-34-14-13-15-35-42(34)47(38-18-16-32(24-36(38)45)43(7,8)9)39-19-17-33(44(10,11)12)25-37(39)46(35)41-30(5)22-27(2)23-31(41)6/h13-25H,1-12H3. The highest BCUT2D eigenvalue weighted by molar-refractivity contribution is 7.02. The minimum Gasteiger partial charge on any atom is -0.313 e. The van der Waals surface area contributed by atoms with E-state index in [0.29, 0.717) is 0 Å². The van der Waals surface area contributed by atoms with Crippen molar-refractivity contribution in [1.29, 1.82) is 0 Å². The number of hydrogen-bond acceptors (Lipinski definition) is 1. The van der Waals surface area contributed by atoms with Gasteiger partial charge in [-0.3, -0.25) is 0 Å². The highest BCUT2D eigenvalue weighted by Crippen LogP contribution is 2.40. The van der Waals surface area contributed by atoms with E-state index >= 15 is 0 Å². The van der Waals surface area contributed by atoms with Crippen LogP contribution in [0.25, 0.3) is 0 Å². The molecular weight excluding hydrogens is 564 g/mol. The van der Waals surface area contributed by atoms with E-state index in [9.17, 15) is 0 Å². The number of aryl methyl sites for hydroxylation is 6. The molecular formula is C44H49B2N. The molecule has 0 saturated carbocycles. The topological polar surface area (TPSA) is 3.24 Å². The van der Waals surface area contributed by atoms with Gasteiger partial charge in [0.1, 0.15) is 0 Å². The third-order valence-corrected chi connectivity index (χ3v) is 10.9. The van der Waals surface area contributed by atoms with Crippen molar-refractivity contribution in [3.63, 3.8) is 0 Å². The zero-order valence-electron chi connectivity index (χ0n) is 30.6. The maximum atomic E-state index is 2.62. The number of fused-ring (bicyclic) bond motifs is 4. The summed E-state index contributed by atoms with van der Waals surface area (Å²) in [5, 5.41) is 0. The molecule has 0 aliphatic carbocycles. The van der Waals surface area contributed by atoms with Crippen LogP contribution < -0.4 is 37.7 Å². The minimum absolute atomic E-state index is 0.0477. The molecule has 0 unspecified atom stereocenters. The molecule has 236 valence electrons. The van der Waals surface area contributed by atoms with Gasteiger partial charge in [0, 0.05) is 17.1 Å². The lowest BCUT2D eigenvalue weighted by atomic mass is 9.29. The molecule has 0 N–H and O–H groups in total. The van der Waals surface area contributed by atoms with Crippen molar-refractivity contribution >= 4 is 63.3 Å². The lowest BCUT2D eigenvalue weighted by molar-refractivity contribution is 0.590. The molecule has 0 atom stereocenters. The van der Waals surface area contributed by atoms with Crippen molar-refractivity contribution in [3.05, 3.63) is 123 Å². The van der Waals surface area contributed by atoms with Crippen LogP contribution in [0.2, 0.25) is 0 Å². The summed E-state index contributed by atoms with van der Waals surface area (Å²) >= 11 is 0. The van der Waals surface area contributed by atoms with E-state index in [4.69, 9.17) is 0 Å². The summed E-state index contributed by atoms with van der Waals surface area (Å²) in [6.45, 7) is 28.0. The molecule has 2 aliphatic rings. The predicted octanol–water partition coefficient (Wildman–Crippen LogP) is 7.26. The molecule has 5 aromatic rings. The third kappa shape index (κ3) is 5.00. The van der Waals surface area contributed by atoms with Crippen molar-refractivity contribution < 1.29 is 0 Å². The number of para-hydroxylation sites is 1. The van der Waals surface area contributed by atoms with E-state index in [2.05, 4.69) is 167 Å². The second kappa shape index (κ2) is 10.8. The smallest absolute Gasteiger partial charge is 0.247 e. The Kier molecular flexibility index (Phi) is 7.25. The van der Waals surface area contributed by atoms with E-state index in [1.54, 1.807) is 0 Å². The number of rotatable bonds is 2. The molecule has 0 saturated heterocycles. The van der Waals surface area contributed by atoms with Crippen LogP contribution in [0.5, 0.6) is 0 Å². The van der Waals surface area contributed by atoms with Gasteiger partial charge in [0.25, 0.3) is 0 Å². The Hall–Kier alpha value is -3.97. The van der Waals surface area contributed by atoms with Crippen molar-refractivity contribution in [2.24, 2.45) is 0 Å². The summed E-state index contributed by atoms with van der Waals surface area (Å²) in [6.07, 6.45) is 0. The molecule has 7 rings (SSSR count). The van der Waals surface area contributed by atoms with Crippen LogP contribution >= 0.6 is 0 Å². The van der Waals surface area contributed by atoms with E-state index in [-0.39, 0.29) is 24.3 Å². The summed E-state index contributed by atoms with van der Waals surface area (Å²) in [7, 11) is 0. The van der Waals surface area contributed by atoms with E-state index < -0.39 is 0 Å². The zero-order chi connectivity index (χ0) is 33.7. The number of anilines is 3. The Morgan fingerprint density at radius 3 is 1.15 bits per heavy atom. The molecule has 0 radical (unpaired) electrons. The molecule has 0 aromatic heterocycles. The van der Waals surface area contributed by atoms with Gasteiger partial charge in [-0.05, 0) is 97.5 Å². The molecule has 1 nitrogen and oxygen atoms in total. The van der Waals surface area contributed by atoms with Crippen molar-refractivity contribution in [1.82, 2.24) is 0 Å². The van der Waals surface area contributed by atoms with Gasteiger partial charge < -0.3 is 4.90 Å². The minimum atomic E-state index is 0.0477. The van der Waals surface area contributed by atoms with Gasteiger partial charge in [0.05, 0.1) is 0 Å². The number of benzene rings is 5. The largest absolute Gasteiger partial charge is 0.313 e. The molecule has 2 aliphatic heterocycles. The molecule has 5 aromatic carbocycles. The van der Waals surface area contributed by atoms with Gasteiger partial charge in [-0.15, -0.1) is 0 Å². The Bertz CT molecular complexity index is 1900. The molecule has 0 amide bonds. The van der Waals surface area contributed by atoms with Gasteiger partial charge in [-0.25, -0.2) is 0 Å². The first kappa shape index (κ1) is 31.6. The second-order valence-electron chi connectivity index (χ2n) is 16.7. The molecule has 3 heteroatoms. The third-order valence-electron chi connectivity index (χ3n) is 10.9. The van der Waals surface area contributed by atoms with Crippen LogP contribution in [0.3, 0.4) is 0 Å². The molecule has 47 heavy (non-hydrogen) atoms. The number of hydrogen-bond donors (Lipinski definition) is 0. The van der Waals surface area contributed by atoms with Crippen LogP contribution in [-0.4, -0.2) is 13.4 Å². The Morgan fingerprint density at radius 2 is 0.809 bits per heavy atom. The quantitative estimate of drug-likeness (QED) is 0.186. The molecule has 0 spiro atoms. The van der Waals surface area contributed by atoms with Crippen LogP contribution in [0.4, 0.5) is 17.1 Å². The Labute approximate surface area is 284 Å². The highest BCUT2D eigenvalue weighted by atomic mass is 15.2. The lowest BCUT2D eigenvalue weighted by Crippen LogP contribution is -2.66. The van der Waals surface area contributed by atoms with Gasteiger partial charge in [-0.2, -0.15) is 0 Å². The lowest BCUT2D eigenvalue weighted by Gasteiger charge is -2.45. The zero-order valence-corrected chi connectivity index (χ0v) is 30.6. The summed E-state index contributed by atoms with van der Waals surface area (Å²) < 4.78 is 0. The van der Waals surface area contributed by atoms with Crippen molar-refractivity contribution in [2.75, 3.05) is 4.90 Å². The fourth-order valence-electron chi connectivity index (χ4n) is 8.84. The monoisotopic (exact) mass is 613 g/mol. The fraction of sp³-hybridized carbons (Fsp3) is 0.318. The summed E-state index contributed by atoms with van der Waals surface area (Å²) in [5.74, 6) is 0. The van der Waals surface area contributed by atoms with Crippen molar-refractivity contribution in [3.8, 4) is 0 Å². The van der Waals surface area contributed by atoms with Crippen LogP contribution in [0.1, 0.15) is 86.1 Å². The highest BCUT2D eigenvalue weighted by Gasteiger charge is 2.45. The van der Waals surface area contributed by atoms with Gasteiger partial charge in [0.15, 0.2) is 0 Å². The normalized spacial score (nSPS) is 13.8. The predicted molar refractivity (Wildman–Crippen MR) is 209 cm³/mol. The average Bonchev–Trinajstić information content (AvgIpc) is 2.96. The van der Waals surface area contributed by atoms with Gasteiger partial charge in [-0.1, -0.05) is 153 Å². The van der Waals surface area contributed by atoms with Gasteiger partial charge in [0.2, 0.25) is 13.4 Å². The first-order valence-corrected chi connectivity index (χ1v) is 17.4. The van der Waals surface area contributed by atoms with Crippen molar-refractivity contribution in [2.45, 2.75) is 93.9 Å². The first-order chi connectivity index (χ1) is 22.1. The Morgan fingerprint density at radius 1 is 0.447 bits per heavy atom. The molecule has 0 bridgehead atoms. The van der Waals surface area contributed by atoms with Crippen LogP contribution in [-0.2, 0) is 10.8 Å². The molecule has 2 heterocycles. The van der Waals surface area contributed by atoms with Crippen LogP contribution in [0, 0.1) is 41.5 Å².